The van der Waals surface area contributed by atoms with Crippen molar-refractivity contribution in [3.63, 3.8) is 0 Å². The third-order valence-corrected chi connectivity index (χ3v) is 6.18. The van der Waals surface area contributed by atoms with Crippen molar-refractivity contribution in [1.82, 2.24) is 13.7 Å². The lowest BCUT2D eigenvalue weighted by molar-refractivity contribution is -0.384. The molecule has 9 nitrogen and oxygen atoms in total. The normalized spacial score (nSPS) is 15.6. The van der Waals surface area contributed by atoms with E-state index in [1.54, 1.807) is 19.2 Å². The molecule has 0 amide bonds. The minimum Gasteiger partial charge on any atom is -0.366 e. The van der Waals surface area contributed by atoms with Crippen LogP contribution in [0.3, 0.4) is 0 Å². The summed E-state index contributed by atoms with van der Waals surface area (Å²) in [6.07, 6.45) is 3.33. The molecule has 0 aliphatic carbocycles. The van der Waals surface area contributed by atoms with Crippen LogP contribution in [0.2, 0.25) is 0 Å². The van der Waals surface area contributed by atoms with Gasteiger partial charge in [0.05, 0.1) is 33.8 Å². The van der Waals surface area contributed by atoms with Crippen molar-refractivity contribution in [2.24, 2.45) is 14.1 Å². The van der Waals surface area contributed by atoms with Crippen LogP contribution in [0.15, 0.2) is 70.3 Å². The zero-order valence-corrected chi connectivity index (χ0v) is 18.7. The van der Waals surface area contributed by atoms with E-state index in [0.29, 0.717) is 41.0 Å². The zero-order valence-electron chi connectivity index (χ0n) is 18.7. The van der Waals surface area contributed by atoms with E-state index in [9.17, 15) is 19.7 Å². The Morgan fingerprint density at radius 3 is 2.56 bits per heavy atom. The number of hydrogen-bond acceptors (Lipinski definition) is 5. The van der Waals surface area contributed by atoms with Gasteiger partial charge in [-0.3, -0.25) is 24.0 Å². The largest absolute Gasteiger partial charge is 0.366 e. The number of benzene rings is 2. The standard InChI is InChI=1S/C25H22N4O5/c1-26-23-20(24(30)27(2)25(26)31)21(17-9-6-10-18(15-17)29(32)33)28-13-14-34-19(22(23)28)12-11-16-7-4-3-5-8-16/h3-12,15,19H,13-14H2,1-2H3/b12-11+. The lowest BCUT2D eigenvalue weighted by Crippen LogP contribution is -2.37. The SMILES string of the molecule is Cn1c(=O)c2c(-c3cccc([N+](=O)[O-])c3)n3c(c2n(C)c1=O)C(/C=C/c1ccccc1)OCC3. The second-order valence-electron chi connectivity index (χ2n) is 8.18. The Morgan fingerprint density at radius 2 is 1.82 bits per heavy atom. The fraction of sp³-hybridized carbons (Fsp3) is 0.200. The first kappa shape index (κ1) is 21.6. The van der Waals surface area contributed by atoms with Gasteiger partial charge in [-0.2, -0.15) is 0 Å². The van der Waals surface area contributed by atoms with Crippen LogP contribution in [-0.4, -0.2) is 25.2 Å². The van der Waals surface area contributed by atoms with Crippen LogP contribution in [0.4, 0.5) is 5.69 Å². The molecule has 0 saturated carbocycles. The highest BCUT2D eigenvalue weighted by Gasteiger charge is 2.31. The number of nitro groups is 1. The van der Waals surface area contributed by atoms with Crippen molar-refractivity contribution in [1.29, 1.82) is 0 Å². The van der Waals surface area contributed by atoms with E-state index in [1.165, 1.54) is 23.7 Å². The molecule has 0 radical (unpaired) electrons. The van der Waals surface area contributed by atoms with Crippen LogP contribution in [0.5, 0.6) is 0 Å². The van der Waals surface area contributed by atoms with Gasteiger partial charge in [0.1, 0.15) is 6.10 Å². The van der Waals surface area contributed by atoms with E-state index in [0.717, 1.165) is 10.1 Å². The van der Waals surface area contributed by atoms with Crippen molar-refractivity contribution in [2.45, 2.75) is 12.6 Å². The number of rotatable bonds is 4. The monoisotopic (exact) mass is 458 g/mol. The van der Waals surface area contributed by atoms with Crippen molar-refractivity contribution in [3.05, 3.63) is 103 Å². The molecular weight excluding hydrogens is 436 g/mol. The Bertz CT molecular complexity index is 1580. The lowest BCUT2D eigenvalue weighted by Gasteiger charge is -2.25. The molecule has 34 heavy (non-hydrogen) atoms. The van der Waals surface area contributed by atoms with E-state index in [4.69, 9.17) is 4.74 Å². The molecule has 2 aromatic carbocycles. The highest BCUT2D eigenvalue weighted by Crippen LogP contribution is 2.39. The highest BCUT2D eigenvalue weighted by atomic mass is 16.6. The van der Waals surface area contributed by atoms with Gasteiger partial charge in [-0.15, -0.1) is 0 Å². The highest BCUT2D eigenvalue weighted by molar-refractivity contribution is 5.96. The molecule has 1 unspecified atom stereocenters. The Morgan fingerprint density at radius 1 is 1.06 bits per heavy atom. The number of nitrogens with zero attached hydrogens (tertiary/aromatic N) is 4. The lowest BCUT2D eigenvalue weighted by atomic mass is 10.1. The Kier molecular flexibility index (Phi) is 5.25. The number of hydrogen-bond donors (Lipinski definition) is 0. The van der Waals surface area contributed by atoms with Gasteiger partial charge in [-0.1, -0.05) is 48.5 Å². The molecule has 5 rings (SSSR count). The van der Waals surface area contributed by atoms with Crippen molar-refractivity contribution in [3.8, 4) is 11.3 Å². The van der Waals surface area contributed by atoms with Gasteiger partial charge in [0.2, 0.25) is 0 Å². The maximum absolute atomic E-state index is 13.4. The molecule has 1 atom stereocenters. The van der Waals surface area contributed by atoms with Crippen LogP contribution >= 0.6 is 0 Å². The number of ether oxygens (including phenoxy) is 1. The zero-order chi connectivity index (χ0) is 24.0. The summed E-state index contributed by atoms with van der Waals surface area (Å²) < 4.78 is 10.5. The van der Waals surface area contributed by atoms with E-state index >= 15 is 0 Å². The maximum atomic E-state index is 13.4. The minimum atomic E-state index is -0.512. The van der Waals surface area contributed by atoms with E-state index in [1.807, 2.05) is 47.1 Å². The summed E-state index contributed by atoms with van der Waals surface area (Å²) in [5, 5.41) is 11.8. The third-order valence-electron chi connectivity index (χ3n) is 6.18. The first-order valence-corrected chi connectivity index (χ1v) is 10.8. The quantitative estimate of drug-likeness (QED) is 0.345. The molecule has 4 aromatic rings. The molecule has 3 heterocycles. The van der Waals surface area contributed by atoms with Gasteiger partial charge in [0, 0.05) is 38.3 Å². The first-order chi connectivity index (χ1) is 16.4. The molecule has 0 fully saturated rings. The summed E-state index contributed by atoms with van der Waals surface area (Å²) in [6.45, 7) is 0.822. The van der Waals surface area contributed by atoms with Crippen molar-refractivity contribution in [2.75, 3.05) is 6.61 Å². The summed E-state index contributed by atoms with van der Waals surface area (Å²) in [5.74, 6) is 0. The van der Waals surface area contributed by atoms with E-state index < -0.39 is 22.3 Å². The smallest absolute Gasteiger partial charge is 0.331 e. The minimum absolute atomic E-state index is 0.0737. The van der Waals surface area contributed by atoms with Crippen molar-refractivity contribution >= 4 is 22.7 Å². The Balaban J connectivity index is 1.83. The van der Waals surface area contributed by atoms with Crippen LogP contribution in [0, 0.1) is 10.1 Å². The average Bonchev–Trinajstić information content (AvgIpc) is 3.21. The molecule has 0 N–H and O–H groups in total. The van der Waals surface area contributed by atoms with Gasteiger partial charge < -0.3 is 9.30 Å². The summed E-state index contributed by atoms with van der Waals surface area (Å²) in [5.41, 5.74) is 2.24. The van der Waals surface area contributed by atoms with Gasteiger partial charge in [0.15, 0.2) is 0 Å². The first-order valence-electron chi connectivity index (χ1n) is 10.8. The predicted molar refractivity (Wildman–Crippen MR) is 129 cm³/mol. The number of aryl methyl sites for hydroxylation is 1. The summed E-state index contributed by atoms with van der Waals surface area (Å²) in [4.78, 5) is 37.2. The van der Waals surface area contributed by atoms with Crippen LogP contribution < -0.4 is 11.2 Å². The number of non-ortho nitro benzene ring substituents is 1. The van der Waals surface area contributed by atoms with Crippen molar-refractivity contribution < 1.29 is 9.66 Å². The number of aromatic nitrogens is 3. The third kappa shape index (κ3) is 3.37. The summed E-state index contributed by atoms with van der Waals surface area (Å²) in [6, 6.07) is 15.9. The van der Waals surface area contributed by atoms with Crippen LogP contribution in [0.1, 0.15) is 17.4 Å². The van der Waals surface area contributed by atoms with Gasteiger partial charge in [-0.05, 0) is 11.6 Å². The number of fused-ring (bicyclic) bond motifs is 3. The molecule has 1 aliphatic rings. The molecule has 0 saturated heterocycles. The molecule has 0 bridgehead atoms. The second-order valence-corrected chi connectivity index (χ2v) is 8.18. The van der Waals surface area contributed by atoms with Gasteiger partial charge >= 0.3 is 5.69 Å². The summed E-state index contributed by atoms with van der Waals surface area (Å²) >= 11 is 0. The van der Waals surface area contributed by atoms with Crippen LogP contribution in [-0.2, 0) is 25.4 Å². The molecule has 1 aliphatic heterocycles. The summed E-state index contributed by atoms with van der Waals surface area (Å²) in [7, 11) is 3.05. The molecular formula is C25H22N4O5. The molecule has 9 heteroatoms. The fourth-order valence-corrected chi connectivity index (χ4v) is 4.59. The fourth-order valence-electron chi connectivity index (χ4n) is 4.59. The average molecular weight is 458 g/mol. The van der Waals surface area contributed by atoms with E-state index in [2.05, 4.69) is 0 Å². The Labute approximate surface area is 193 Å². The predicted octanol–water partition coefficient (Wildman–Crippen LogP) is 3.40. The molecule has 172 valence electrons. The number of nitro benzene ring substituents is 1. The maximum Gasteiger partial charge on any atom is 0.331 e. The molecule has 2 aromatic heterocycles. The Hall–Kier alpha value is -4.24. The van der Waals surface area contributed by atoms with E-state index in [-0.39, 0.29) is 5.69 Å². The van der Waals surface area contributed by atoms with Gasteiger partial charge in [0.25, 0.3) is 11.2 Å². The van der Waals surface area contributed by atoms with Crippen LogP contribution in [0.25, 0.3) is 28.2 Å². The second kappa shape index (κ2) is 8.27. The topological polar surface area (TPSA) is 101 Å². The molecule has 0 spiro atoms. The van der Waals surface area contributed by atoms with Gasteiger partial charge in [-0.25, -0.2) is 4.79 Å².